The third-order valence-electron chi connectivity index (χ3n) is 7.74. The molecule has 1 saturated heterocycles. The Labute approximate surface area is 234 Å². The van der Waals surface area contributed by atoms with Crippen LogP contribution in [0.4, 0.5) is 4.79 Å². The molecule has 40 heavy (non-hydrogen) atoms. The molecule has 0 spiro atoms. The number of urea groups is 1. The van der Waals surface area contributed by atoms with E-state index in [0.717, 1.165) is 19.3 Å². The fourth-order valence-electron chi connectivity index (χ4n) is 5.20. The molecule has 3 fully saturated rings. The molecular weight excluding hydrogens is 518 g/mol. The molecule has 1 heterocycles. The van der Waals surface area contributed by atoms with Crippen molar-refractivity contribution in [1.29, 1.82) is 0 Å². The lowest BCUT2D eigenvalue weighted by molar-refractivity contribution is -0.145. The molecule has 220 valence electrons. The lowest BCUT2D eigenvalue weighted by Crippen LogP contribution is -2.62. The average Bonchev–Trinajstić information content (AvgIpc) is 3.80. The molecule has 2 saturated carbocycles. The normalized spacial score (nSPS) is 23.6. The second-order valence-electron chi connectivity index (χ2n) is 12.5. The van der Waals surface area contributed by atoms with Crippen molar-refractivity contribution in [2.45, 2.75) is 84.5 Å². The summed E-state index contributed by atoms with van der Waals surface area (Å²) in [4.78, 5) is 78.1. The summed E-state index contributed by atoms with van der Waals surface area (Å²) in [5.74, 6) is -1.41. The van der Waals surface area contributed by atoms with Crippen molar-refractivity contribution < 1.29 is 33.5 Å². The number of nitrogens with two attached hydrogens (primary N) is 1. The molecule has 6 atom stereocenters. The highest BCUT2D eigenvalue weighted by Crippen LogP contribution is 2.50. The Balaban J connectivity index is 1.74. The van der Waals surface area contributed by atoms with Crippen LogP contribution in [0.15, 0.2) is 0 Å². The zero-order chi connectivity index (χ0) is 29.9. The fraction of sp³-hybridized carbons (Fsp3) is 0.714. The van der Waals surface area contributed by atoms with Crippen LogP contribution in [-0.2, 0) is 28.7 Å². The minimum absolute atomic E-state index is 0.0695. The number of hydrogen-bond acceptors (Lipinski definition) is 7. The maximum absolute atomic E-state index is 13.9. The highest BCUT2D eigenvalue weighted by Gasteiger charge is 2.58. The summed E-state index contributed by atoms with van der Waals surface area (Å²) in [6, 6.07) is -4.64. The molecule has 3 aliphatic rings. The zero-order valence-corrected chi connectivity index (χ0v) is 23.8. The second kappa shape index (κ2) is 12.3. The number of Topliss-reactive ketones (excluding diaryl/α,β-unsaturated/α-hetero) is 1. The van der Waals surface area contributed by atoms with Crippen LogP contribution in [0.3, 0.4) is 0 Å². The number of amides is 5. The van der Waals surface area contributed by atoms with Gasteiger partial charge in [-0.25, -0.2) is 9.59 Å². The van der Waals surface area contributed by atoms with E-state index in [2.05, 4.69) is 21.9 Å². The van der Waals surface area contributed by atoms with Crippen molar-refractivity contribution in [3.05, 3.63) is 0 Å². The van der Waals surface area contributed by atoms with Crippen molar-refractivity contribution in [3.8, 4) is 12.3 Å². The number of likely N-dealkylation sites (tertiary alicyclic amines) is 1. The van der Waals surface area contributed by atoms with Crippen LogP contribution in [0, 0.1) is 41.4 Å². The maximum Gasteiger partial charge on any atom is 0.329 e. The average molecular weight is 560 g/mol. The summed E-state index contributed by atoms with van der Waals surface area (Å²) in [5.41, 5.74) is 4.46. The topological polar surface area (TPSA) is 177 Å². The van der Waals surface area contributed by atoms with E-state index in [9.17, 15) is 28.8 Å². The number of primary amides is 1. The SMILES string of the molecule is C#CCOC(=O)[C@@H](NC(=O)N[C@H](C(=O)N1C[C@@H]2C[C@@H]2[C@H]1C(=O)NC(CC1CC1)C(=O)C(N)=O)C(C)(C)C)C(C)C. The highest BCUT2D eigenvalue weighted by molar-refractivity contribution is 6.37. The summed E-state index contributed by atoms with van der Waals surface area (Å²) in [6.07, 6.45) is 8.07. The predicted octanol–water partition coefficient (Wildman–Crippen LogP) is 0.0875. The summed E-state index contributed by atoms with van der Waals surface area (Å²) < 4.78 is 4.97. The van der Waals surface area contributed by atoms with Gasteiger partial charge in [0, 0.05) is 6.54 Å². The number of rotatable bonds is 12. The van der Waals surface area contributed by atoms with E-state index < -0.39 is 65.1 Å². The molecule has 12 nitrogen and oxygen atoms in total. The molecule has 0 bridgehead atoms. The van der Waals surface area contributed by atoms with E-state index in [1.807, 2.05) is 0 Å². The molecule has 12 heteroatoms. The number of esters is 1. The van der Waals surface area contributed by atoms with Crippen LogP contribution in [-0.4, -0.2) is 77.7 Å². The number of carbonyl (C=O) groups is 6. The maximum atomic E-state index is 13.9. The van der Waals surface area contributed by atoms with Crippen molar-refractivity contribution >= 4 is 35.5 Å². The lowest BCUT2D eigenvalue weighted by atomic mass is 9.85. The Morgan fingerprint density at radius 1 is 1.07 bits per heavy atom. The Morgan fingerprint density at radius 2 is 1.73 bits per heavy atom. The van der Waals surface area contributed by atoms with E-state index in [1.54, 1.807) is 34.6 Å². The minimum Gasteiger partial charge on any atom is -0.451 e. The van der Waals surface area contributed by atoms with Crippen LogP contribution in [0.25, 0.3) is 0 Å². The van der Waals surface area contributed by atoms with E-state index in [4.69, 9.17) is 16.9 Å². The fourth-order valence-corrected chi connectivity index (χ4v) is 5.20. The summed E-state index contributed by atoms with van der Waals surface area (Å²) >= 11 is 0. The monoisotopic (exact) mass is 559 g/mol. The summed E-state index contributed by atoms with van der Waals surface area (Å²) in [6.45, 7) is 8.89. The number of ether oxygens (including phenoxy) is 1. The quantitative estimate of drug-likeness (QED) is 0.149. The number of terminal acetylenes is 1. The first-order valence-corrected chi connectivity index (χ1v) is 13.8. The Hall–Kier alpha value is -3.62. The molecule has 0 radical (unpaired) electrons. The standard InChI is InChI=1S/C28H41N5O7/c1-7-10-40-26(38)19(14(2)3)31-27(39)32-22(28(4,5)6)25(37)33-13-16-12-17(16)20(33)24(36)30-18(11-15-8-9-15)21(34)23(29)35/h1,14-20,22H,8-13H2,2-6H3,(H2,29,35)(H,30,36)(H2,31,32,39)/t16-,17-,18?,19-,20-,22+/m0/s1. The van der Waals surface area contributed by atoms with Gasteiger partial charge in [-0.15, -0.1) is 6.42 Å². The molecule has 3 rings (SSSR count). The molecule has 5 N–H and O–H groups in total. The minimum atomic E-state index is -1.11. The van der Waals surface area contributed by atoms with Crippen LogP contribution >= 0.6 is 0 Å². The number of hydrogen-bond donors (Lipinski definition) is 4. The number of fused-ring (bicyclic) bond motifs is 1. The molecule has 1 unspecified atom stereocenters. The lowest BCUT2D eigenvalue weighted by Gasteiger charge is -2.37. The van der Waals surface area contributed by atoms with E-state index in [-0.39, 0.29) is 30.3 Å². The number of piperidine rings is 1. The van der Waals surface area contributed by atoms with Gasteiger partial charge in [0.05, 0.1) is 6.04 Å². The van der Waals surface area contributed by atoms with Crippen LogP contribution < -0.4 is 21.7 Å². The van der Waals surface area contributed by atoms with Gasteiger partial charge in [0.2, 0.25) is 17.6 Å². The Morgan fingerprint density at radius 3 is 2.25 bits per heavy atom. The van der Waals surface area contributed by atoms with Gasteiger partial charge in [0.25, 0.3) is 5.91 Å². The van der Waals surface area contributed by atoms with E-state index in [1.165, 1.54) is 4.90 Å². The molecule has 0 aromatic rings. The Kier molecular flexibility index (Phi) is 9.48. The van der Waals surface area contributed by atoms with Crippen molar-refractivity contribution in [2.75, 3.05) is 13.2 Å². The first-order chi connectivity index (χ1) is 18.6. The van der Waals surface area contributed by atoms with Gasteiger partial charge >= 0.3 is 12.0 Å². The predicted molar refractivity (Wildman–Crippen MR) is 144 cm³/mol. The molecule has 2 aliphatic carbocycles. The molecule has 0 aromatic heterocycles. The summed E-state index contributed by atoms with van der Waals surface area (Å²) in [7, 11) is 0. The first-order valence-electron chi connectivity index (χ1n) is 13.8. The number of ketones is 1. The van der Waals surface area contributed by atoms with Gasteiger partial charge in [-0.2, -0.15) is 0 Å². The highest BCUT2D eigenvalue weighted by atomic mass is 16.5. The van der Waals surface area contributed by atoms with E-state index >= 15 is 0 Å². The Bertz CT molecular complexity index is 1090. The zero-order valence-electron chi connectivity index (χ0n) is 23.8. The first kappa shape index (κ1) is 30.9. The van der Waals surface area contributed by atoms with Gasteiger partial charge in [-0.3, -0.25) is 19.2 Å². The molecule has 0 aromatic carbocycles. The third-order valence-corrected chi connectivity index (χ3v) is 7.74. The van der Waals surface area contributed by atoms with Crippen molar-refractivity contribution in [3.63, 3.8) is 0 Å². The number of nitrogens with one attached hydrogen (secondary N) is 3. The summed E-state index contributed by atoms with van der Waals surface area (Å²) in [5, 5.41) is 7.96. The van der Waals surface area contributed by atoms with Crippen LogP contribution in [0.2, 0.25) is 0 Å². The smallest absolute Gasteiger partial charge is 0.329 e. The second-order valence-corrected chi connectivity index (χ2v) is 12.5. The van der Waals surface area contributed by atoms with Crippen LogP contribution in [0.1, 0.15) is 60.3 Å². The van der Waals surface area contributed by atoms with Crippen molar-refractivity contribution in [2.24, 2.45) is 34.8 Å². The molecule has 1 aliphatic heterocycles. The van der Waals surface area contributed by atoms with Crippen LogP contribution in [0.5, 0.6) is 0 Å². The van der Waals surface area contributed by atoms with Gasteiger partial charge in [0.15, 0.2) is 6.61 Å². The molecule has 5 amide bonds. The van der Waals surface area contributed by atoms with Gasteiger partial charge in [-0.05, 0) is 41.9 Å². The van der Waals surface area contributed by atoms with Crippen molar-refractivity contribution in [1.82, 2.24) is 20.9 Å². The number of carbonyl (C=O) groups excluding carboxylic acids is 6. The van der Waals surface area contributed by atoms with Gasteiger partial charge < -0.3 is 31.3 Å². The molecular formula is C28H41N5O7. The largest absolute Gasteiger partial charge is 0.451 e. The number of nitrogens with zero attached hydrogens (tertiary/aromatic N) is 1. The third kappa shape index (κ3) is 7.52. The van der Waals surface area contributed by atoms with Gasteiger partial charge in [0.1, 0.15) is 18.1 Å². The van der Waals surface area contributed by atoms with Gasteiger partial charge in [-0.1, -0.05) is 53.4 Å². The van der Waals surface area contributed by atoms with E-state index in [0.29, 0.717) is 13.0 Å².